The van der Waals surface area contributed by atoms with Crippen molar-refractivity contribution in [3.63, 3.8) is 0 Å². The molecule has 1 heterocycles. The third-order valence-electron chi connectivity index (χ3n) is 2.58. The van der Waals surface area contributed by atoms with Crippen LogP contribution in [0.1, 0.15) is 13.3 Å². The van der Waals surface area contributed by atoms with Crippen LogP contribution < -0.4 is 10.6 Å². The maximum absolute atomic E-state index is 11.9. The Morgan fingerprint density at radius 1 is 1.14 bits per heavy atom. The lowest BCUT2D eigenvalue weighted by molar-refractivity contribution is -0.117. The Bertz CT molecular complexity index is 681. The molecule has 0 radical (unpaired) electrons. The van der Waals surface area contributed by atoms with Crippen LogP contribution >= 0.6 is 23.2 Å². The zero-order valence-electron chi connectivity index (χ0n) is 11.6. The van der Waals surface area contributed by atoms with Crippen LogP contribution in [-0.2, 0) is 16.1 Å². The number of hydrogen-bond donors (Lipinski definition) is 2. The highest BCUT2D eigenvalue weighted by atomic mass is 35.5. The highest BCUT2D eigenvalue weighted by Gasteiger charge is 2.09. The lowest BCUT2D eigenvalue weighted by Crippen LogP contribution is -2.19. The van der Waals surface area contributed by atoms with Gasteiger partial charge in [0.1, 0.15) is 6.54 Å². The van der Waals surface area contributed by atoms with E-state index in [4.69, 9.17) is 23.2 Å². The minimum absolute atomic E-state index is 0.0564. The number of carbonyl (C=O) groups is 2. The minimum atomic E-state index is -0.323. The molecule has 1 aromatic carbocycles. The van der Waals surface area contributed by atoms with Crippen LogP contribution in [0.15, 0.2) is 24.4 Å². The first-order valence-electron chi connectivity index (χ1n) is 6.42. The Balaban J connectivity index is 1.96. The summed E-state index contributed by atoms with van der Waals surface area (Å²) >= 11 is 11.7. The molecule has 9 heteroatoms. The van der Waals surface area contributed by atoms with Crippen LogP contribution in [0.4, 0.5) is 11.5 Å². The number of carbonyl (C=O) groups excluding carboxylic acids is 2. The number of benzene rings is 1. The second-order valence-electron chi connectivity index (χ2n) is 4.41. The van der Waals surface area contributed by atoms with E-state index in [1.807, 2.05) is 0 Å². The zero-order valence-corrected chi connectivity index (χ0v) is 13.1. The second kappa shape index (κ2) is 7.24. The first kappa shape index (κ1) is 16.3. The van der Waals surface area contributed by atoms with Crippen molar-refractivity contribution in [2.24, 2.45) is 0 Å². The largest absolute Gasteiger partial charge is 0.324 e. The molecular weight excluding hydrogens is 329 g/mol. The number of anilines is 2. The average molecular weight is 342 g/mol. The van der Waals surface area contributed by atoms with Crippen LogP contribution in [0.25, 0.3) is 0 Å². The molecular formula is C13H13Cl2N5O2. The van der Waals surface area contributed by atoms with E-state index >= 15 is 0 Å². The fourth-order valence-electron chi connectivity index (χ4n) is 1.64. The van der Waals surface area contributed by atoms with Crippen molar-refractivity contribution in [2.75, 3.05) is 10.6 Å². The third-order valence-corrected chi connectivity index (χ3v) is 3.02. The van der Waals surface area contributed by atoms with Gasteiger partial charge in [-0.05, 0) is 18.2 Å². The van der Waals surface area contributed by atoms with Crippen molar-refractivity contribution >= 4 is 46.5 Å². The molecule has 0 unspecified atom stereocenters. The molecule has 0 saturated heterocycles. The van der Waals surface area contributed by atoms with Crippen molar-refractivity contribution in [3.05, 3.63) is 34.4 Å². The van der Waals surface area contributed by atoms with Crippen LogP contribution in [0.2, 0.25) is 10.0 Å². The predicted molar refractivity (Wildman–Crippen MR) is 84.0 cm³/mol. The van der Waals surface area contributed by atoms with Crippen LogP contribution in [-0.4, -0.2) is 26.8 Å². The van der Waals surface area contributed by atoms with Gasteiger partial charge in [-0.25, -0.2) is 4.68 Å². The van der Waals surface area contributed by atoms with Crippen molar-refractivity contribution in [1.29, 1.82) is 0 Å². The van der Waals surface area contributed by atoms with Crippen LogP contribution in [0.3, 0.4) is 0 Å². The highest BCUT2D eigenvalue weighted by Crippen LogP contribution is 2.22. The number of halogens is 2. The molecule has 22 heavy (non-hydrogen) atoms. The summed E-state index contributed by atoms with van der Waals surface area (Å²) < 4.78 is 1.31. The van der Waals surface area contributed by atoms with Gasteiger partial charge in [-0.2, -0.15) is 0 Å². The summed E-state index contributed by atoms with van der Waals surface area (Å²) in [5, 5.41) is 13.6. The number of nitrogens with zero attached hydrogens (tertiary/aromatic N) is 3. The third kappa shape index (κ3) is 4.71. The Morgan fingerprint density at radius 2 is 1.82 bits per heavy atom. The molecule has 2 amide bonds. The maximum atomic E-state index is 11.9. The predicted octanol–water partition coefficient (Wildman–Crippen LogP) is 2.57. The Morgan fingerprint density at radius 3 is 2.45 bits per heavy atom. The lowest BCUT2D eigenvalue weighted by atomic mass is 10.3. The van der Waals surface area contributed by atoms with E-state index < -0.39 is 0 Å². The molecule has 7 nitrogen and oxygen atoms in total. The minimum Gasteiger partial charge on any atom is -0.324 e. The fourth-order valence-corrected chi connectivity index (χ4v) is 2.16. The van der Waals surface area contributed by atoms with E-state index in [0.29, 0.717) is 28.0 Å². The molecule has 0 spiro atoms. The van der Waals surface area contributed by atoms with E-state index in [1.165, 1.54) is 10.9 Å². The van der Waals surface area contributed by atoms with Gasteiger partial charge in [-0.3, -0.25) is 9.59 Å². The summed E-state index contributed by atoms with van der Waals surface area (Å²) in [5.41, 5.74) is 0.488. The van der Waals surface area contributed by atoms with E-state index in [-0.39, 0.29) is 18.4 Å². The number of nitrogens with one attached hydrogen (secondary N) is 2. The number of aromatic nitrogens is 3. The Kier molecular flexibility index (Phi) is 5.35. The van der Waals surface area contributed by atoms with Gasteiger partial charge in [0.15, 0.2) is 5.82 Å². The van der Waals surface area contributed by atoms with Gasteiger partial charge >= 0.3 is 0 Å². The molecule has 2 N–H and O–H groups in total. The second-order valence-corrected chi connectivity index (χ2v) is 5.28. The van der Waals surface area contributed by atoms with Crippen molar-refractivity contribution in [3.8, 4) is 0 Å². The monoisotopic (exact) mass is 341 g/mol. The van der Waals surface area contributed by atoms with Gasteiger partial charge in [0, 0.05) is 22.2 Å². The first-order chi connectivity index (χ1) is 10.5. The zero-order chi connectivity index (χ0) is 16.1. The molecule has 0 aliphatic heterocycles. The molecule has 0 aliphatic rings. The normalized spacial score (nSPS) is 10.3. The highest BCUT2D eigenvalue weighted by molar-refractivity contribution is 6.35. The quantitative estimate of drug-likeness (QED) is 0.874. The van der Waals surface area contributed by atoms with E-state index in [2.05, 4.69) is 20.9 Å². The summed E-state index contributed by atoms with van der Waals surface area (Å²) in [7, 11) is 0. The van der Waals surface area contributed by atoms with E-state index in [9.17, 15) is 9.59 Å². The summed E-state index contributed by atoms with van der Waals surface area (Å²) in [6, 6.07) is 4.73. The molecule has 1 aromatic heterocycles. The van der Waals surface area contributed by atoms with E-state index in [0.717, 1.165) is 0 Å². The van der Waals surface area contributed by atoms with Gasteiger partial charge in [0.05, 0.1) is 6.20 Å². The van der Waals surface area contributed by atoms with Gasteiger partial charge in [-0.1, -0.05) is 35.3 Å². The number of rotatable bonds is 5. The van der Waals surface area contributed by atoms with E-state index in [1.54, 1.807) is 25.1 Å². The fraction of sp³-hybridized carbons (Fsp3) is 0.231. The summed E-state index contributed by atoms with van der Waals surface area (Å²) in [4.78, 5) is 23.1. The molecule has 0 aliphatic carbocycles. The van der Waals surface area contributed by atoms with Crippen LogP contribution in [0, 0.1) is 0 Å². The van der Waals surface area contributed by atoms with Crippen molar-refractivity contribution in [1.82, 2.24) is 15.0 Å². The first-order valence-corrected chi connectivity index (χ1v) is 7.18. The number of amides is 2. The Hall–Kier alpha value is -2.12. The molecule has 0 atom stereocenters. The average Bonchev–Trinajstić information content (AvgIpc) is 2.84. The van der Waals surface area contributed by atoms with Gasteiger partial charge < -0.3 is 10.6 Å². The van der Waals surface area contributed by atoms with Crippen molar-refractivity contribution < 1.29 is 9.59 Å². The molecule has 0 bridgehead atoms. The van der Waals surface area contributed by atoms with Gasteiger partial charge in [-0.15, -0.1) is 5.10 Å². The molecule has 2 rings (SSSR count). The number of hydrogen-bond acceptors (Lipinski definition) is 4. The van der Waals surface area contributed by atoms with Crippen molar-refractivity contribution in [2.45, 2.75) is 19.9 Å². The summed E-state index contributed by atoms with van der Waals surface area (Å²) in [5.74, 6) is -0.202. The lowest BCUT2D eigenvalue weighted by Gasteiger charge is -2.06. The molecule has 0 saturated carbocycles. The molecule has 0 fully saturated rings. The molecule has 2 aromatic rings. The standard InChI is InChI=1S/C13H13Cl2N5O2/c1-2-12(21)17-11-6-20(19-18-11)7-13(22)16-10-4-8(14)3-9(15)5-10/h3-6H,2,7H2,1H3,(H,16,22)(H,17,21). The smallest absolute Gasteiger partial charge is 0.246 e. The molecule has 116 valence electrons. The topological polar surface area (TPSA) is 88.9 Å². The SMILES string of the molecule is CCC(=O)Nc1cn(CC(=O)Nc2cc(Cl)cc(Cl)c2)nn1. The Labute approximate surface area is 136 Å². The van der Waals surface area contributed by atoms with Crippen LogP contribution in [0.5, 0.6) is 0 Å². The van der Waals surface area contributed by atoms with Gasteiger partial charge in [0.25, 0.3) is 0 Å². The summed E-state index contributed by atoms with van der Waals surface area (Å²) in [6.45, 7) is 1.67. The summed E-state index contributed by atoms with van der Waals surface area (Å²) in [6.07, 6.45) is 1.81. The maximum Gasteiger partial charge on any atom is 0.246 e. The van der Waals surface area contributed by atoms with Gasteiger partial charge in [0.2, 0.25) is 11.8 Å².